The smallest absolute Gasteiger partial charge is 0.265 e. The minimum absolute atomic E-state index is 0.102. The predicted octanol–water partition coefficient (Wildman–Crippen LogP) is 2.78. The molecule has 0 bridgehead atoms. The lowest BCUT2D eigenvalue weighted by Gasteiger charge is -2.33. The van der Waals surface area contributed by atoms with Crippen molar-refractivity contribution in [2.75, 3.05) is 23.7 Å². The standard InChI is InChI=1S/C19H23N3O3S/c1-13(22-10-2-4-16(23)12-22)18(24)20-14-6-8-15(9-7-14)21-19(25)17-5-3-11-26-17/h3,5-9,11,13,16,23H,2,4,10,12H2,1H3,(H,20,24)(H,21,25)/t13-,16-/m1/s1. The largest absolute Gasteiger partial charge is 0.392 e. The Morgan fingerprint density at radius 1 is 1.19 bits per heavy atom. The first kappa shape index (κ1) is 18.6. The van der Waals surface area contributed by atoms with Gasteiger partial charge in [0.05, 0.1) is 17.0 Å². The van der Waals surface area contributed by atoms with Crippen LogP contribution in [0.2, 0.25) is 0 Å². The summed E-state index contributed by atoms with van der Waals surface area (Å²) in [5, 5.41) is 17.3. The molecule has 2 atom stereocenters. The second-order valence-electron chi connectivity index (χ2n) is 6.46. The van der Waals surface area contributed by atoms with E-state index in [9.17, 15) is 14.7 Å². The molecule has 3 N–H and O–H groups in total. The molecule has 0 unspecified atom stereocenters. The molecule has 2 heterocycles. The van der Waals surface area contributed by atoms with E-state index in [2.05, 4.69) is 10.6 Å². The Morgan fingerprint density at radius 3 is 2.50 bits per heavy atom. The highest BCUT2D eigenvalue weighted by Crippen LogP contribution is 2.18. The number of hydrogen-bond acceptors (Lipinski definition) is 5. The summed E-state index contributed by atoms with van der Waals surface area (Å²) in [5.74, 6) is -0.247. The SMILES string of the molecule is C[C@H](C(=O)Nc1ccc(NC(=O)c2cccs2)cc1)N1CCC[C@@H](O)C1. The number of amides is 2. The van der Waals surface area contributed by atoms with Crippen molar-refractivity contribution in [2.45, 2.75) is 31.9 Å². The molecule has 26 heavy (non-hydrogen) atoms. The summed E-state index contributed by atoms with van der Waals surface area (Å²) >= 11 is 1.39. The third kappa shape index (κ3) is 4.69. The number of piperidine rings is 1. The number of nitrogens with zero attached hydrogens (tertiary/aromatic N) is 1. The van der Waals surface area contributed by atoms with Gasteiger partial charge in [0, 0.05) is 17.9 Å². The number of hydrogen-bond donors (Lipinski definition) is 3. The summed E-state index contributed by atoms with van der Waals surface area (Å²) in [7, 11) is 0. The Morgan fingerprint density at radius 2 is 1.88 bits per heavy atom. The second-order valence-corrected chi connectivity index (χ2v) is 7.41. The highest BCUT2D eigenvalue weighted by molar-refractivity contribution is 7.12. The van der Waals surface area contributed by atoms with Crippen LogP contribution in [0.5, 0.6) is 0 Å². The Labute approximate surface area is 156 Å². The molecule has 6 nitrogen and oxygen atoms in total. The van der Waals surface area contributed by atoms with Crippen LogP contribution in [0.25, 0.3) is 0 Å². The quantitative estimate of drug-likeness (QED) is 0.753. The maximum atomic E-state index is 12.4. The number of thiophene rings is 1. The molecule has 2 aromatic rings. The van der Waals surface area contributed by atoms with Gasteiger partial charge >= 0.3 is 0 Å². The number of carbonyl (C=O) groups is 2. The minimum Gasteiger partial charge on any atom is -0.392 e. The van der Waals surface area contributed by atoms with Gasteiger partial charge < -0.3 is 15.7 Å². The predicted molar refractivity (Wildman–Crippen MR) is 104 cm³/mol. The van der Waals surface area contributed by atoms with Crippen LogP contribution in [0.3, 0.4) is 0 Å². The molecule has 7 heteroatoms. The van der Waals surface area contributed by atoms with E-state index >= 15 is 0 Å². The van der Waals surface area contributed by atoms with Crippen LogP contribution in [0, 0.1) is 0 Å². The summed E-state index contributed by atoms with van der Waals surface area (Å²) < 4.78 is 0. The van der Waals surface area contributed by atoms with Gasteiger partial charge in [0.15, 0.2) is 0 Å². The van der Waals surface area contributed by atoms with Crippen molar-refractivity contribution >= 4 is 34.5 Å². The summed E-state index contributed by atoms with van der Waals surface area (Å²) in [5.41, 5.74) is 1.35. The summed E-state index contributed by atoms with van der Waals surface area (Å²) in [6.07, 6.45) is 1.34. The van der Waals surface area contributed by atoms with Gasteiger partial charge in [-0.25, -0.2) is 0 Å². The second kappa shape index (κ2) is 8.44. The maximum absolute atomic E-state index is 12.4. The topological polar surface area (TPSA) is 81.7 Å². The van der Waals surface area contributed by atoms with E-state index in [-0.39, 0.29) is 24.0 Å². The third-order valence-electron chi connectivity index (χ3n) is 4.51. The number of aliphatic hydroxyl groups excluding tert-OH is 1. The lowest BCUT2D eigenvalue weighted by Crippen LogP contribution is -2.48. The molecule has 1 aromatic carbocycles. The first-order valence-electron chi connectivity index (χ1n) is 8.71. The third-order valence-corrected chi connectivity index (χ3v) is 5.38. The van der Waals surface area contributed by atoms with E-state index in [1.807, 2.05) is 23.3 Å². The van der Waals surface area contributed by atoms with Gasteiger partial charge in [-0.3, -0.25) is 14.5 Å². The number of anilines is 2. The first-order chi connectivity index (χ1) is 12.5. The van der Waals surface area contributed by atoms with Crippen LogP contribution < -0.4 is 10.6 Å². The van der Waals surface area contributed by atoms with Crippen molar-refractivity contribution in [3.63, 3.8) is 0 Å². The molecule has 1 aromatic heterocycles. The van der Waals surface area contributed by atoms with Gasteiger partial charge in [-0.2, -0.15) is 0 Å². The number of likely N-dealkylation sites (tertiary alicyclic amines) is 1. The molecule has 3 rings (SSSR count). The van der Waals surface area contributed by atoms with Crippen molar-refractivity contribution in [3.8, 4) is 0 Å². The van der Waals surface area contributed by atoms with E-state index in [0.717, 1.165) is 19.4 Å². The molecule has 1 aliphatic rings. The molecule has 0 spiro atoms. The zero-order valence-electron chi connectivity index (χ0n) is 14.6. The first-order valence-corrected chi connectivity index (χ1v) is 9.59. The Bertz CT molecular complexity index is 746. The lowest BCUT2D eigenvalue weighted by molar-refractivity contribution is -0.121. The average molecular weight is 373 g/mol. The molecule has 138 valence electrons. The van der Waals surface area contributed by atoms with Crippen LogP contribution in [0.4, 0.5) is 11.4 Å². The summed E-state index contributed by atoms with van der Waals surface area (Å²) in [4.78, 5) is 27.1. The van der Waals surface area contributed by atoms with Gasteiger partial charge in [0.1, 0.15) is 0 Å². The van der Waals surface area contributed by atoms with Gasteiger partial charge in [0.2, 0.25) is 5.91 Å². The van der Waals surface area contributed by atoms with Crippen molar-refractivity contribution in [2.24, 2.45) is 0 Å². The zero-order valence-corrected chi connectivity index (χ0v) is 15.5. The molecule has 2 amide bonds. The number of aliphatic hydroxyl groups is 1. The Kier molecular flexibility index (Phi) is 6.03. The van der Waals surface area contributed by atoms with E-state index in [1.165, 1.54) is 11.3 Å². The van der Waals surface area contributed by atoms with Gasteiger partial charge in [-0.1, -0.05) is 6.07 Å². The normalized spacial score (nSPS) is 18.9. The van der Waals surface area contributed by atoms with Crippen molar-refractivity contribution < 1.29 is 14.7 Å². The van der Waals surface area contributed by atoms with Crippen molar-refractivity contribution in [3.05, 3.63) is 46.7 Å². The van der Waals surface area contributed by atoms with Crippen LogP contribution >= 0.6 is 11.3 Å². The van der Waals surface area contributed by atoms with Crippen LogP contribution in [-0.2, 0) is 4.79 Å². The van der Waals surface area contributed by atoms with Crippen molar-refractivity contribution in [1.82, 2.24) is 4.90 Å². The number of benzene rings is 1. The fourth-order valence-corrected chi connectivity index (χ4v) is 3.60. The van der Waals surface area contributed by atoms with Crippen LogP contribution in [-0.4, -0.2) is 47.1 Å². The molecule has 1 saturated heterocycles. The van der Waals surface area contributed by atoms with Gasteiger partial charge in [0.25, 0.3) is 5.91 Å². The molecular weight excluding hydrogens is 350 g/mol. The lowest BCUT2D eigenvalue weighted by atomic mass is 10.1. The highest BCUT2D eigenvalue weighted by Gasteiger charge is 2.26. The molecule has 0 aliphatic carbocycles. The Balaban J connectivity index is 1.55. The van der Waals surface area contributed by atoms with Gasteiger partial charge in [-0.05, 0) is 62.0 Å². The van der Waals surface area contributed by atoms with E-state index in [1.54, 1.807) is 30.3 Å². The van der Waals surface area contributed by atoms with E-state index < -0.39 is 0 Å². The molecule has 1 fully saturated rings. The molecule has 1 aliphatic heterocycles. The zero-order chi connectivity index (χ0) is 18.5. The molecular formula is C19H23N3O3S. The number of nitrogens with one attached hydrogen (secondary N) is 2. The monoisotopic (exact) mass is 373 g/mol. The van der Waals surface area contributed by atoms with Gasteiger partial charge in [-0.15, -0.1) is 11.3 Å². The number of rotatable bonds is 5. The number of carbonyl (C=O) groups excluding carboxylic acids is 2. The maximum Gasteiger partial charge on any atom is 0.265 e. The van der Waals surface area contributed by atoms with Crippen LogP contribution in [0.15, 0.2) is 41.8 Å². The van der Waals surface area contributed by atoms with E-state index in [0.29, 0.717) is 22.8 Å². The Hall–Kier alpha value is -2.22. The fraction of sp³-hybridized carbons (Fsp3) is 0.368. The molecule has 0 radical (unpaired) electrons. The van der Waals surface area contributed by atoms with Crippen molar-refractivity contribution in [1.29, 1.82) is 0 Å². The van der Waals surface area contributed by atoms with Crippen LogP contribution in [0.1, 0.15) is 29.4 Å². The summed E-state index contributed by atoms with van der Waals surface area (Å²) in [6.45, 7) is 3.20. The van der Waals surface area contributed by atoms with E-state index in [4.69, 9.17) is 0 Å². The minimum atomic E-state index is -0.356. The average Bonchev–Trinajstić information content (AvgIpc) is 3.17. The highest BCUT2D eigenvalue weighted by atomic mass is 32.1. The summed E-state index contributed by atoms with van der Waals surface area (Å²) in [6, 6.07) is 10.4. The fourth-order valence-electron chi connectivity index (χ4n) is 2.98. The number of β-amino-alcohol motifs (C(OH)–C–C–N with tert-alkyl or cyclic N) is 1. The molecule has 0 saturated carbocycles.